The zero-order valence-electron chi connectivity index (χ0n) is 25.4. The van der Waals surface area contributed by atoms with Crippen LogP contribution in [0.2, 0.25) is 0 Å². The Morgan fingerprint density at radius 2 is 1.41 bits per heavy atom. The maximum atomic E-state index is 15.3. The lowest BCUT2D eigenvalue weighted by Gasteiger charge is -2.29. The second-order valence-electron chi connectivity index (χ2n) is 12.4. The average molecular weight is 615 g/mol. The van der Waals surface area contributed by atoms with Gasteiger partial charge in [0.15, 0.2) is 34.8 Å². The minimum absolute atomic E-state index is 0.0284. The summed E-state index contributed by atoms with van der Waals surface area (Å²) in [5, 5.41) is 0. The predicted molar refractivity (Wildman–Crippen MR) is 162 cm³/mol. The van der Waals surface area contributed by atoms with Crippen molar-refractivity contribution in [3.8, 4) is 5.75 Å². The number of unbranched alkanes of at least 4 members (excludes halogenated alkanes) is 1. The molecule has 1 nitrogen and oxygen atoms in total. The summed E-state index contributed by atoms with van der Waals surface area (Å²) in [7, 11) is 0. The lowest BCUT2D eigenvalue weighted by molar-refractivity contribution is 0.288. The summed E-state index contributed by atoms with van der Waals surface area (Å²) in [5.74, 6) is -5.22. The fourth-order valence-electron chi connectivity index (χ4n) is 6.79. The molecular formula is C37H40F6O. The fourth-order valence-corrected chi connectivity index (χ4v) is 6.79. The number of hydrogen-bond donors (Lipinski definition) is 0. The van der Waals surface area contributed by atoms with Crippen LogP contribution in [0.5, 0.6) is 5.75 Å². The van der Waals surface area contributed by atoms with Gasteiger partial charge in [-0.15, -0.1) is 0 Å². The Balaban J connectivity index is 1.17. The second-order valence-corrected chi connectivity index (χ2v) is 12.4. The van der Waals surface area contributed by atoms with Gasteiger partial charge in [-0.1, -0.05) is 43.7 Å². The molecule has 1 atom stereocenters. The van der Waals surface area contributed by atoms with Crippen LogP contribution in [0.15, 0.2) is 42.5 Å². The SMILES string of the molecule is CCCCOc1ccc(C2=CCC(c3ccc(CCC4CCC(c5ccc(C)c(F)c5F)CC4)c(F)c3F)CC2)c(F)c1F. The fraction of sp³-hybridized carbons (Fsp3) is 0.459. The van der Waals surface area contributed by atoms with E-state index in [0.29, 0.717) is 72.5 Å². The van der Waals surface area contributed by atoms with Gasteiger partial charge in [0, 0.05) is 5.56 Å². The molecule has 1 unspecified atom stereocenters. The molecule has 3 aromatic rings. The van der Waals surface area contributed by atoms with Crippen molar-refractivity contribution in [2.75, 3.05) is 6.61 Å². The van der Waals surface area contributed by atoms with E-state index in [1.165, 1.54) is 12.1 Å². The van der Waals surface area contributed by atoms with Crippen LogP contribution in [0, 0.1) is 47.7 Å². The van der Waals surface area contributed by atoms with Crippen LogP contribution in [-0.4, -0.2) is 6.61 Å². The van der Waals surface area contributed by atoms with E-state index in [0.717, 1.165) is 38.5 Å². The van der Waals surface area contributed by atoms with Crippen molar-refractivity contribution in [3.63, 3.8) is 0 Å². The van der Waals surface area contributed by atoms with Gasteiger partial charge in [0.1, 0.15) is 0 Å². The lowest BCUT2D eigenvalue weighted by atomic mass is 9.76. The first-order chi connectivity index (χ1) is 21.2. The van der Waals surface area contributed by atoms with E-state index in [-0.39, 0.29) is 23.1 Å². The Morgan fingerprint density at radius 1 is 0.705 bits per heavy atom. The van der Waals surface area contributed by atoms with Crippen molar-refractivity contribution < 1.29 is 31.1 Å². The summed E-state index contributed by atoms with van der Waals surface area (Å²) in [6.45, 7) is 3.85. The molecule has 3 aromatic carbocycles. The highest BCUT2D eigenvalue weighted by Crippen LogP contribution is 2.41. The number of aryl methyl sites for hydroxylation is 2. The Hall–Kier alpha value is -3.22. The van der Waals surface area contributed by atoms with Gasteiger partial charge in [-0.2, -0.15) is 4.39 Å². The molecule has 1 saturated carbocycles. The number of rotatable bonds is 10. The summed E-state index contributed by atoms with van der Waals surface area (Å²) < 4.78 is 93.8. The van der Waals surface area contributed by atoms with Crippen LogP contribution < -0.4 is 4.74 Å². The maximum Gasteiger partial charge on any atom is 0.201 e. The van der Waals surface area contributed by atoms with Crippen LogP contribution >= 0.6 is 0 Å². The average Bonchev–Trinajstić information content (AvgIpc) is 3.03. The molecule has 2 aliphatic rings. The largest absolute Gasteiger partial charge is 0.490 e. The van der Waals surface area contributed by atoms with E-state index < -0.39 is 34.9 Å². The molecule has 0 radical (unpaired) electrons. The third-order valence-electron chi connectivity index (χ3n) is 9.60. The van der Waals surface area contributed by atoms with Crippen molar-refractivity contribution >= 4 is 5.57 Å². The molecule has 1 fully saturated rings. The molecule has 236 valence electrons. The van der Waals surface area contributed by atoms with E-state index in [2.05, 4.69) is 0 Å². The van der Waals surface area contributed by atoms with Crippen LogP contribution in [0.3, 0.4) is 0 Å². The van der Waals surface area contributed by atoms with Gasteiger partial charge >= 0.3 is 0 Å². The molecule has 0 saturated heterocycles. The van der Waals surface area contributed by atoms with Crippen LogP contribution in [0.4, 0.5) is 26.3 Å². The van der Waals surface area contributed by atoms with Gasteiger partial charge in [0.2, 0.25) is 5.82 Å². The molecule has 0 aliphatic heterocycles. The Morgan fingerprint density at radius 3 is 2.11 bits per heavy atom. The summed E-state index contributed by atoms with van der Waals surface area (Å²) in [4.78, 5) is 0. The molecular weight excluding hydrogens is 574 g/mol. The summed E-state index contributed by atoms with van der Waals surface area (Å²) in [5.41, 5.74) is 2.21. The van der Waals surface area contributed by atoms with E-state index in [1.807, 2.05) is 6.92 Å². The van der Waals surface area contributed by atoms with Gasteiger partial charge in [0.25, 0.3) is 0 Å². The van der Waals surface area contributed by atoms with E-state index >= 15 is 8.78 Å². The third kappa shape index (κ3) is 6.87. The van der Waals surface area contributed by atoms with E-state index in [9.17, 15) is 17.6 Å². The summed E-state index contributed by atoms with van der Waals surface area (Å²) in [6, 6.07) is 9.59. The smallest absolute Gasteiger partial charge is 0.201 e. The Kier molecular flexibility index (Phi) is 10.4. The first-order valence-electron chi connectivity index (χ1n) is 15.9. The van der Waals surface area contributed by atoms with Crippen molar-refractivity contribution in [2.45, 2.75) is 96.3 Å². The zero-order valence-corrected chi connectivity index (χ0v) is 25.4. The predicted octanol–water partition coefficient (Wildman–Crippen LogP) is 11.3. The minimum Gasteiger partial charge on any atom is -0.490 e. The van der Waals surface area contributed by atoms with Gasteiger partial charge in [-0.3, -0.25) is 0 Å². The van der Waals surface area contributed by atoms with E-state index in [4.69, 9.17) is 4.74 Å². The highest BCUT2D eigenvalue weighted by molar-refractivity contribution is 5.68. The number of benzene rings is 3. The monoisotopic (exact) mass is 614 g/mol. The summed E-state index contributed by atoms with van der Waals surface area (Å²) >= 11 is 0. The molecule has 0 bridgehead atoms. The van der Waals surface area contributed by atoms with Crippen molar-refractivity contribution in [2.24, 2.45) is 5.92 Å². The van der Waals surface area contributed by atoms with Crippen LogP contribution in [0.25, 0.3) is 5.57 Å². The quantitative estimate of drug-likeness (QED) is 0.163. The second kappa shape index (κ2) is 14.3. The minimum atomic E-state index is -1.01. The first-order valence-corrected chi connectivity index (χ1v) is 15.9. The molecule has 7 heteroatoms. The Bertz CT molecular complexity index is 1500. The number of halogens is 6. The molecule has 0 spiro atoms. The number of ether oxygens (including phenoxy) is 1. The highest BCUT2D eigenvalue weighted by Gasteiger charge is 2.28. The molecule has 0 amide bonds. The number of allylic oxidation sites excluding steroid dienone is 2. The van der Waals surface area contributed by atoms with Crippen molar-refractivity contribution in [1.82, 2.24) is 0 Å². The topological polar surface area (TPSA) is 9.23 Å². The molecule has 2 aliphatic carbocycles. The molecule has 5 rings (SSSR count). The third-order valence-corrected chi connectivity index (χ3v) is 9.60. The van der Waals surface area contributed by atoms with Gasteiger partial charge in [-0.25, -0.2) is 22.0 Å². The van der Waals surface area contributed by atoms with Crippen molar-refractivity contribution in [3.05, 3.63) is 105 Å². The van der Waals surface area contributed by atoms with E-state index in [1.54, 1.807) is 37.3 Å². The number of hydrogen-bond acceptors (Lipinski definition) is 1. The van der Waals surface area contributed by atoms with Gasteiger partial charge in [0.05, 0.1) is 6.61 Å². The molecule has 0 heterocycles. The lowest BCUT2D eigenvalue weighted by Crippen LogP contribution is -2.16. The molecule has 44 heavy (non-hydrogen) atoms. The standard InChI is InChI=1S/C37H40F6O/c1-3-4-21-44-31-20-19-30(36(42)37(31)43)26-14-12-25(13-15-26)29-18-16-27(33(39)35(29)41)11-8-23-6-9-24(10-7-23)28-17-5-22(2)32(38)34(28)40/h5,14,16-20,23-25H,3-4,6-13,15,21H2,1-2H3. The molecule has 0 aromatic heterocycles. The maximum absolute atomic E-state index is 15.3. The van der Waals surface area contributed by atoms with Crippen LogP contribution in [-0.2, 0) is 6.42 Å². The zero-order chi connectivity index (χ0) is 31.4. The summed E-state index contributed by atoms with van der Waals surface area (Å²) in [6.07, 6.45) is 8.98. The van der Waals surface area contributed by atoms with Crippen molar-refractivity contribution in [1.29, 1.82) is 0 Å². The van der Waals surface area contributed by atoms with Crippen LogP contribution in [0.1, 0.15) is 111 Å². The highest BCUT2D eigenvalue weighted by atomic mass is 19.2. The first kappa shape index (κ1) is 32.2. The van der Waals surface area contributed by atoms with Gasteiger partial charge < -0.3 is 4.74 Å². The van der Waals surface area contributed by atoms with Gasteiger partial charge in [-0.05, 0) is 129 Å². The normalized spacial score (nSPS) is 20.5. The molecule has 0 N–H and O–H groups in total. The Labute approximate surface area is 256 Å².